The molecule has 1 aliphatic rings. The van der Waals surface area contributed by atoms with Crippen molar-refractivity contribution >= 4 is 50.5 Å². The van der Waals surface area contributed by atoms with Crippen molar-refractivity contribution in [3.63, 3.8) is 0 Å². The SMILES string of the molecule is CC(C)SC1=NSc2ccc(Br)cc2N1. The van der Waals surface area contributed by atoms with E-state index >= 15 is 0 Å². The van der Waals surface area contributed by atoms with Crippen molar-refractivity contribution in [3.05, 3.63) is 22.7 Å². The molecule has 0 saturated heterocycles. The molecule has 0 spiro atoms. The van der Waals surface area contributed by atoms with E-state index in [1.807, 2.05) is 6.07 Å². The maximum absolute atomic E-state index is 4.41. The third-order valence-corrected chi connectivity index (χ3v) is 4.08. The molecular formula is C10H11BrN2S2. The summed E-state index contributed by atoms with van der Waals surface area (Å²) >= 11 is 6.74. The number of hydrogen-bond acceptors (Lipinski definition) is 4. The summed E-state index contributed by atoms with van der Waals surface area (Å²) in [5, 5.41) is 4.86. The molecule has 80 valence electrons. The van der Waals surface area contributed by atoms with Crippen LogP contribution in [0.5, 0.6) is 0 Å². The molecule has 1 heterocycles. The number of anilines is 1. The largest absolute Gasteiger partial charge is 0.333 e. The standard InChI is InChI=1S/C10H11BrN2S2/c1-6(2)14-10-12-8-5-7(11)3-4-9(8)15-13-10/h3-6H,1-2H3,(H,12,13). The van der Waals surface area contributed by atoms with E-state index < -0.39 is 0 Å². The molecule has 0 radical (unpaired) electrons. The Bertz CT molecular complexity index is 404. The zero-order chi connectivity index (χ0) is 10.8. The molecule has 0 unspecified atom stereocenters. The Morgan fingerprint density at radius 2 is 2.27 bits per heavy atom. The highest BCUT2D eigenvalue weighted by Gasteiger charge is 2.14. The minimum Gasteiger partial charge on any atom is -0.333 e. The van der Waals surface area contributed by atoms with Crippen molar-refractivity contribution in [1.82, 2.24) is 0 Å². The normalized spacial score (nSPS) is 14.5. The fourth-order valence-corrected chi connectivity index (χ4v) is 3.01. The van der Waals surface area contributed by atoms with Crippen LogP contribution in [0.3, 0.4) is 0 Å². The van der Waals surface area contributed by atoms with Crippen LogP contribution in [0.25, 0.3) is 0 Å². The number of thioether (sulfide) groups is 1. The molecule has 0 aromatic heterocycles. The van der Waals surface area contributed by atoms with Gasteiger partial charge in [0.15, 0.2) is 5.17 Å². The monoisotopic (exact) mass is 302 g/mol. The molecule has 2 nitrogen and oxygen atoms in total. The van der Waals surface area contributed by atoms with Gasteiger partial charge in [-0.15, -0.1) is 0 Å². The highest BCUT2D eigenvalue weighted by molar-refractivity contribution is 9.10. The fourth-order valence-electron chi connectivity index (χ4n) is 1.18. The lowest BCUT2D eigenvalue weighted by molar-refractivity contribution is 1.12. The van der Waals surface area contributed by atoms with Crippen LogP contribution in [0.2, 0.25) is 0 Å². The van der Waals surface area contributed by atoms with Crippen molar-refractivity contribution in [1.29, 1.82) is 0 Å². The van der Waals surface area contributed by atoms with Gasteiger partial charge in [-0.1, -0.05) is 41.5 Å². The molecule has 0 aliphatic carbocycles. The zero-order valence-corrected chi connectivity index (χ0v) is 11.7. The molecule has 1 N–H and O–H groups in total. The van der Waals surface area contributed by atoms with Gasteiger partial charge in [-0.25, -0.2) is 0 Å². The van der Waals surface area contributed by atoms with Crippen molar-refractivity contribution in [2.45, 2.75) is 24.0 Å². The number of amidine groups is 1. The van der Waals surface area contributed by atoms with E-state index in [0.29, 0.717) is 5.25 Å². The molecular weight excluding hydrogens is 292 g/mol. The zero-order valence-electron chi connectivity index (χ0n) is 8.45. The summed E-state index contributed by atoms with van der Waals surface area (Å²) < 4.78 is 5.50. The number of fused-ring (bicyclic) bond motifs is 1. The van der Waals surface area contributed by atoms with Gasteiger partial charge in [0, 0.05) is 21.7 Å². The lowest BCUT2D eigenvalue weighted by Gasteiger charge is -2.18. The lowest BCUT2D eigenvalue weighted by atomic mass is 10.3. The highest BCUT2D eigenvalue weighted by atomic mass is 79.9. The lowest BCUT2D eigenvalue weighted by Crippen LogP contribution is -2.13. The number of nitrogens with one attached hydrogen (secondary N) is 1. The first-order valence-corrected chi connectivity index (χ1v) is 7.08. The van der Waals surface area contributed by atoms with E-state index in [2.05, 4.69) is 51.6 Å². The summed E-state index contributed by atoms with van der Waals surface area (Å²) in [7, 11) is 0. The maximum atomic E-state index is 4.41. The van der Waals surface area contributed by atoms with Gasteiger partial charge in [0.25, 0.3) is 0 Å². The average Bonchev–Trinajstić information content (AvgIpc) is 2.16. The van der Waals surface area contributed by atoms with E-state index in [4.69, 9.17) is 0 Å². The van der Waals surface area contributed by atoms with Crippen LogP contribution < -0.4 is 5.32 Å². The molecule has 5 heteroatoms. The maximum Gasteiger partial charge on any atom is 0.173 e. The van der Waals surface area contributed by atoms with Gasteiger partial charge in [0.05, 0.1) is 10.6 Å². The Hall–Kier alpha value is -0.130. The average molecular weight is 303 g/mol. The molecule has 0 amide bonds. The van der Waals surface area contributed by atoms with Crippen LogP contribution in [-0.4, -0.2) is 10.4 Å². The first kappa shape index (κ1) is 11.4. The molecule has 15 heavy (non-hydrogen) atoms. The van der Waals surface area contributed by atoms with E-state index in [9.17, 15) is 0 Å². The van der Waals surface area contributed by atoms with Gasteiger partial charge in [-0.05, 0) is 18.2 Å². The second kappa shape index (κ2) is 4.80. The molecule has 0 saturated carbocycles. The van der Waals surface area contributed by atoms with Gasteiger partial charge in [-0.3, -0.25) is 0 Å². The third-order valence-electron chi connectivity index (χ3n) is 1.76. The third kappa shape index (κ3) is 2.92. The quantitative estimate of drug-likeness (QED) is 0.779. The topological polar surface area (TPSA) is 24.4 Å². The summed E-state index contributed by atoms with van der Waals surface area (Å²) in [6, 6.07) is 6.18. The van der Waals surface area contributed by atoms with Crippen molar-refractivity contribution < 1.29 is 0 Å². The van der Waals surface area contributed by atoms with Gasteiger partial charge < -0.3 is 5.32 Å². The van der Waals surface area contributed by atoms with E-state index in [0.717, 1.165) is 15.3 Å². The Morgan fingerprint density at radius 1 is 1.47 bits per heavy atom. The Morgan fingerprint density at radius 3 is 3.00 bits per heavy atom. The Kier molecular flexibility index (Phi) is 3.64. The molecule has 0 atom stereocenters. The number of hydrogen-bond donors (Lipinski definition) is 1. The minimum absolute atomic E-state index is 0.547. The molecule has 1 aromatic rings. The fraction of sp³-hybridized carbons (Fsp3) is 0.300. The smallest absolute Gasteiger partial charge is 0.173 e. The minimum atomic E-state index is 0.547. The number of nitrogens with zero attached hydrogens (tertiary/aromatic N) is 1. The van der Waals surface area contributed by atoms with E-state index in [1.165, 1.54) is 16.8 Å². The van der Waals surface area contributed by atoms with Crippen molar-refractivity contribution in [2.75, 3.05) is 5.32 Å². The van der Waals surface area contributed by atoms with E-state index in [-0.39, 0.29) is 0 Å². The summed E-state index contributed by atoms with van der Waals surface area (Å²) in [6.45, 7) is 4.33. The van der Waals surface area contributed by atoms with Crippen LogP contribution in [0.1, 0.15) is 13.8 Å². The van der Waals surface area contributed by atoms with Crippen molar-refractivity contribution in [2.24, 2.45) is 4.40 Å². The van der Waals surface area contributed by atoms with Gasteiger partial charge in [-0.2, -0.15) is 4.40 Å². The molecule has 0 fully saturated rings. The molecule has 1 aromatic carbocycles. The number of halogens is 1. The predicted molar refractivity (Wildman–Crippen MR) is 73.8 cm³/mol. The van der Waals surface area contributed by atoms with E-state index in [1.54, 1.807) is 11.8 Å². The Balaban J connectivity index is 2.17. The van der Waals surface area contributed by atoms with Crippen LogP contribution in [0.4, 0.5) is 5.69 Å². The number of rotatable bonds is 1. The molecule has 2 rings (SSSR count). The van der Waals surface area contributed by atoms with Crippen LogP contribution in [0, 0.1) is 0 Å². The predicted octanol–water partition coefficient (Wildman–Crippen LogP) is 4.38. The van der Waals surface area contributed by atoms with Crippen LogP contribution >= 0.6 is 39.6 Å². The van der Waals surface area contributed by atoms with Crippen LogP contribution in [-0.2, 0) is 0 Å². The summed E-state index contributed by atoms with van der Waals surface area (Å²) in [5.74, 6) is 0. The van der Waals surface area contributed by atoms with Crippen LogP contribution in [0.15, 0.2) is 32.0 Å². The van der Waals surface area contributed by atoms with Gasteiger partial charge in [0.2, 0.25) is 0 Å². The number of benzene rings is 1. The molecule has 1 aliphatic heterocycles. The Labute approximate surface area is 107 Å². The highest BCUT2D eigenvalue weighted by Crippen LogP contribution is 2.36. The van der Waals surface area contributed by atoms with Crippen molar-refractivity contribution in [3.8, 4) is 0 Å². The molecule has 0 bridgehead atoms. The second-order valence-corrected chi connectivity index (χ2v) is 6.71. The first-order valence-electron chi connectivity index (χ1n) is 4.63. The summed E-state index contributed by atoms with van der Waals surface area (Å²) in [5.41, 5.74) is 1.13. The summed E-state index contributed by atoms with van der Waals surface area (Å²) in [4.78, 5) is 1.17. The second-order valence-electron chi connectivity index (χ2n) is 3.42. The van der Waals surface area contributed by atoms with Gasteiger partial charge in [0.1, 0.15) is 0 Å². The first-order chi connectivity index (χ1) is 7.15. The van der Waals surface area contributed by atoms with Gasteiger partial charge >= 0.3 is 0 Å². The summed E-state index contributed by atoms with van der Waals surface area (Å²) in [6.07, 6.45) is 0.